The molecular formula is C21H28N4OS. The van der Waals surface area contributed by atoms with Crippen molar-refractivity contribution in [2.24, 2.45) is 4.99 Å². The molecule has 0 radical (unpaired) electrons. The zero-order chi connectivity index (χ0) is 19.1. The fourth-order valence-corrected chi connectivity index (χ4v) is 4.17. The first kappa shape index (κ1) is 19.4. The minimum absolute atomic E-state index is 0.201. The van der Waals surface area contributed by atoms with E-state index in [0.717, 1.165) is 32.0 Å². The number of guanidine groups is 1. The molecule has 27 heavy (non-hydrogen) atoms. The Hall–Kier alpha value is -2.34. The van der Waals surface area contributed by atoms with E-state index < -0.39 is 0 Å². The lowest BCUT2D eigenvalue weighted by atomic mass is 10.0. The van der Waals surface area contributed by atoms with Crippen molar-refractivity contribution in [1.29, 1.82) is 0 Å². The number of amides is 1. The van der Waals surface area contributed by atoms with Gasteiger partial charge in [0.25, 0.3) is 0 Å². The normalized spacial score (nSPS) is 15.2. The van der Waals surface area contributed by atoms with Crippen molar-refractivity contribution in [3.8, 4) is 0 Å². The maximum Gasteiger partial charge on any atom is 0.224 e. The van der Waals surface area contributed by atoms with Crippen molar-refractivity contribution < 1.29 is 4.79 Å². The Morgan fingerprint density at radius 3 is 2.85 bits per heavy atom. The van der Waals surface area contributed by atoms with E-state index in [1.165, 1.54) is 16.0 Å². The number of carbonyl (C=O) groups excluding carboxylic acids is 1. The average Bonchev–Trinajstić information content (AvgIpc) is 3.18. The first-order valence-electron chi connectivity index (χ1n) is 9.50. The zero-order valence-electron chi connectivity index (χ0n) is 16.1. The number of fused-ring (bicyclic) bond motifs is 1. The first-order valence-corrected chi connectivity index (χ1v) is 10.4. The summed E-state index contributed by atoms with van der Waals surface area (Å²) in [5.41, 5.74) is 2.61. The second-order valence-corrected chi connectivity index (χ2v) is 7.88. The molecule has 2 heterocycles. The Morgan fingerprint density at radius 1 is 1.26 bits per heavy atom. The fraction of sp³-hybridized carbons (Fsp3) is 0.429. The smallest absolute Gasteiger partial charge is 0.224 e. The molecule has 3 rings (SSSR count). The summed E-state index contributed by atoms with van der Waals surface area (Å²) in [6.45, 7) is 5.15. The van der Waals surface area contributed by atoms with Gasteiger partial charge in [0.1, 0.15) is 0 Å². The predicted molar refractivity (Wildman–Crippen MR) is 112 cm³/mol. The highest BCUT2D eigenvalue weighted by atomic mass is 32.1. The van der Waals surface area contributed by atoms with Crippen LogP contribution in [-0.2, 0) is 17.8 Å². The van der Waals surface area contributed by atoms with Gasteiger partial charge in [-0.15, -0.1) is 11.3 Å². The van der Waals surface area contributed by atoms with Gasteiger partial charge in [-0.1, -0.05) is 37.3 Å². The number of rotatable bonds is 6. The number of benzene rings is 1. The average molecular weight is 385 g/mol. The molecule has 2 aromatic rings. The second-order valence-electron chi connectivity index (χ2n) is 6.88. The van der Waals surface area contributed by atoms with Crippen molar-refractivity contribution in [3.05, 3.63) is 57.8 Å². The maximum absolute atomic E-state index is 12.5. The number of hydrogen-bond donors (Lipinski definition) is 2. The molecule has 5 nitrogen and oxygen atoms in total. The van der Waals surface area contributed by atoms with E-state index in [-0.39, 0.29) is 5.91 Å². The minimum Gasteiger partial charge on any atom is -0.356 e. The fourth-order valence-electron chi connectivity index (χ4n) is 3.28. The van der Waals surface area contributed by atoms with Crippen LogP contribution in [0.3, 0.4) is 0 Å². The van der Waals surface area contributed by atoms with Crippen LogP contribution < -0.4 is 10.6 Å². The molecule has 1 unspecified atom stereocenters. The lowest BCUT2D eigenvalue weighted by Gasteiger charge is -2.27. The monoisotopic (exact) mass is 384 g/mol. The molecule has 1 aliphatic rings. The highest BCUT2D eigenvalue weighted by molar-refractivity contribution is 7.10. The third-order valence-electron chi connectivity index (χ3n) is 4.96. The van der Waals surface area contributed by atoms with E-state index in [1.54, 1.807) is 18.4 Å². The summed E-state index contributed by atoms with van der Waals surface area (Å²) < 4.78 is 0. The van der Waals surface area contributed by atoms with E-state index in [9.17, 15) is 4.79 Å². The summed E-state index contributed by atoms with van der Waals surface area (Å²) >= 11 is 1.80. The molecule has 1 amide bonds. The van der Waals surface area contributed by atoms with Gasteiger partial charge < -0.3 is 15.5 Å². The van der Waals surface area contributed by atoms with Gasteiger partial charge >= 0.3 is 0 Å². The summed E-state index contributed by atoms with van der Waals surface area (Å²) in [7, 11) is 1.76. The van der Waals surface area contributed by atoms with Crippen molar-refractivity contribution in [2.75, 3.05) is 26.7 Å². The number of nitrogens with one attached hydrogen (secondary N) is 2. The maximum atomic E-state index is 12.5. The van der Waals surface area contributed by atoms with Crippen LogP contribution >= 0.6 is 11.3 Å². The number of thiophene rings is 1. The zero-order valence-corrected chi connectivity index (χ0v) is 16.9. The summed E-state index contributed by atoms with van der Waals surface area (Å²) in [5.74, 6) is 1.33. The summed E-state index contributed by atoms with van der Waals surface area (Å²) in [5, 5.41) is 8.72. The van der Waals surface area contributed by atoms with Gasteiger partial charge in [-0.2, -0.15) is 0 Å². The third kappa shape index (κ3) is 5.32. The minimum atomic E-state index is 0.201. The third-order valence-corrected chi connectivity index (χ3v) is 5.98. The van der Waals surface area contributed by atoms with Gasteiger partial charge in [0.15, 0.2) is 5.96 Å². The number of nitrogens with zero attached hydrogens (tertiary/aromatic N) is 2. The molecular weight excluding hydrogens is 356 g/mol. The van der Waals surface area contributed by atoms with Gasteiger partial charge in [-0.3, -0.25) is 9.79 Å². The van der Waals surface area contributed by atoms with Gasteiger partial charge in [0.2, 0.25) is 5.91 Å². The molecule has 0 aliphatic carbocycles. The topological polar surface area (TPSA) is 56.7 Å². The lowest BCUT2D eigenvalue weighted by Crippen LogP contribution is -2.42. The Bertz CT molecular complexity index is 771. The van der Waals surface area contributed by atoms with Crippen LogP contribution in [0.1, 0.15) is 35.3 Å². The van der Waals surface area contributed by atoms with Crippen molar-refractivity contribution in [2.45, 2.75) is 32.2 Å². The molecule has 0 spiro atoms. The molecule has 1 aliphatic heterocycles. The number of hydrogen-bond acceptors (Lipinski definition) is 3. The van der Waals surface area contributed by atoms with Gasteiger partial charge in [0.05, 0.1) is 0 Å². The molecule has 1 aromatic heterocycles. The van der Waals surface area contributed by atoms with E-state index in [1.807, 2.05) is 11.0 Å². The first-order chi connectivity index (χ1) is 13.2. The second kappa shape index (κ2) is 9.55. The van der Waals surface area contributed by atoms with Crippen LogP contribution in [0, 0.1) is 0 Å². The Kier molecular flexibility index (Phi) is 6.87. The van der Waals surface area contributed by atoms with Crippen molar-refractivity contribution in [3.63, 3.8) is 0 Å². The summed E-state index contributed by atoms with van der Waals surface area (Å²) in [6.07, 6.45) is 1.46. The molecule has 0 saturated carbocycles. The molecule has 144 valence electrons. The molecule has 0 saturated heterocycles. The Balaban J connectivity index is 1.39. The summed E-state index contributed by atoms with van der Waals surface area (Å²) in [4.78, 5) is 20.1. The molecule has 1 atom stereocenters. The van der Waals surface area contributed by atoms with E-state index in [4.69, 9.17) is 0 Å². The van der Waals surface area contributed by atoms with Gasteiger partial charge in [-0.05, 0) is 34.9 Å². The molecule has 1 aromatic carbocycles. The summed E-state index contributed by atoms with van der Waals surface area (Å²) in [6, 6.07) is 12.6. The lowest BCUT2D eigenvalue weighted by molar-refractivity contribution is -0.131. The van der Waals surface area contributed by atoms with Crippen LogP contribution in [0.25, 0.3) is 0 Å². The van der Waals surface area contributed by atoms with Gasteiger partial charge in [0, 0.05) is 44.5 Å². The molecule has 2 N–H and O–H groups in total. The van der Waals surface area contributed by atoms with E-state index >= 15 is 0 Å². The van der Waals surface area contributed by atoms with E-state index in [2.05, 4.69) is 58.3 Å². The SMILES string of the molecule is CN=C(NCCC(=O)N1CCc2sccc2C1)NCC(C)c1ccccc1. The quantitative estimate of drug-likeness (QED) is 0.595. The number of carbonyl (C=O) groups is 1. The van der Waals surface area contributed by atoms with Crippen LogP contribution in [-0.4, -0.2) is 43.4 Å². The predicted octanol–water partition coefficient (Wildman–Crippen LogP) is 2.99. The van der Waals surface area contributed by atoms with Crippen LogP contribution in [0.5, 0.6) is 0 Å². The van der Waals surface area contributed by atoms with E-state index in [0.29, 0.717) is 18.9 Å². The number of aliphatic imine (C=N–C) groups is 1. The molecule has 0 fully saturated rings. The Labute approximate surface area is 165 Å². The van der Waals surface area contributed by atoms with Gasteiger partial charge in [-0.25, -0.2) is 0 Å². The van der Waals surface area contributed by atoms with Crippen molar-refractivity contribution >= 4 is 23.2 Å². The van der Waals surface area contributed by atoms with Crippen LogP contribution in [0.2, 0.25) is 0 Å². The standard InChI is InChI=1S/C21H28N4OS/c1-16(17-6-4-3-5-7-17)14-24-21(22-2)23-11-8-20(26)25-12-9-19-18(15-25)10-13-27-19/h3-7,10,13,16H,8-9,11-12,14-15H2,1-2H3,(H2,22,23,24). The highest BCUT2D eigenvalue weighted by Crippen LogP contribution is 2.24. The van der Waals surface area contributed by atoms with Crippen LogP contribution in [0.15, 0.2) is 46.8 Å². The Morgan fingerprint density at radius 2 is 2.07 bits per heavy atom. The largest absolute Gasteiger partial charge is 0.356 e. The molecule has 0 bridgehead atoms. The highest BCUT2D eigenvalue weighted by Gasteiger charge is 2.21. The van der Waals surface area contributed by atoms with Crippen molar-refractivity contribution in [1.82, 2.24) is 15.5 Å². The van der Waals surface area contributed by atoms with Crippen LogP contribution in [0.4, 0.5) is 0 Å². The molecule has 6 heteroatoms.